The van der Waals surface area contributed by atoms with Crippen LogP contribution in [0.2, 0.25) is 0 Å². The summed E-state index contributed by atoms with van der Waals surface area (Å²) < 4.78 is 14.0. The minimum atomic E-state index is -1.30. The summed E-state index contributed by atoms with van der Waals surface area (Å²) in [6.45, 7) is 1.80. The summed E-state index contributed by atoms with van der Waals surface area (Å²) in [5, 5.41) is 13.5. The molecule has 0 saturated carbocycles. The lowest BCUT2D eigenvalue weighted by Gasteiger charge is -2.30. The van der Waals surface area contributed by atoms with Gasteiger partial charge in [0.25, 0.3) is 11.5 Å². The Morgan fingerprint density at radius 2 is 1.88 bits per heavy atom. The Kier molecular flexibility index (Phi) is 4.12. The van der Waals surface area contributed by atoms with E-state index in [0.717, 1.165) is 4.68 Å². The summed E-state index contributed by atoms with van der Waals surface area (Å²) in [7, 11) is 0. The summed E-state index contributed by atoms with van der Waals surface area (Å²) >= 11 is 0. The molecule has 1 aromatic carbocycles. The van der Waals surface area contributed by atoms with Gasteiger partial charge in [0.2, 0.25) is 0 Å². The van der Waals surface area contributed by atoms with Crippen molar-refractivity contribution in [3.05, 3.63) is 58.3 Å². The smallest absolute Gasteiger partial charge is 0.329 e. The van der Waals surface area contributed by atoms with E-state index in [2.05, 4.69) is 5.10 Å². The highest BCUT2D eigenvalue weighted by Crippen LogP contribution is 2.30. The number of carboxylic acid groups (broad SMARTS) is 1. The third kappa shape index (κ3) is 2.90. The summed E-state index contributed by atoms with van der Waals surface area (Å²) in [5.74, 6) is -2.10. The van der Waals surface area contributed by atoms with E-state index in [1.165, 1.54) is 48.2 Å². The van der Waals surface area contributed by atoms with Gasteiger partial charge in [-0.05, 0) is 50.1 Å². The van der Waals surface area contributed by atoms with Crippen LogP contribution in [0.15, 0.2) is 41.2 Å². The number of carbonyl (C=O) groups excluding carboxylic acids is 1. The van der Waals surface area contributed by atoms with Crippen molar-refractivity contribution in [1.82, 2.24) is 14.7 Å². The van der Waals surface area contributed by atoms with Crippen LogP contribution in [0.1, 0.15) is 30.3 Å². The molecule has 1 aliphatic heterocycles. The number of nitrogens with zero attached hydrogens (tertiary/aromatic N) is 3. The Hall–Kier alpha value is -3.03. The average molecular weight is 345 g/mol. The van der Waals surface area contributed by atoms with Crippen LogP contribution in [0.3, 0.4) is 0 Å². The molecule has 0 aliphatic carbocycles. The molecule has 7 nitrogen and oxygen atoms in total. The van der Waals surface area contributed by atoms with E-state index >= 15 is 0 Å². The fourth-order valence-corrected chi connectivity index (χ4v) is 2.94. The Morgan fingerprint density at radius 1 is 1.20 bits per heavy atom. The number of hydrogen-bond acceptors (Lipinski definition) is 4. The molecule has 1 saturated heterocycles. The SMILES string of the molecule is CC1(C(=O)O)CCCN1C(=O)c1ccc(=O)n(-c2ccc(F)cc2)n1. The summed E-state index contributed by atoms with van der Waals surface area (Å²) in [6.07, 6.45) is 0.928. The lowest BCUT2D eigenvalue weighted by Crippen LogP contribution is -2.51. The molecule has 1 N–H and O–H groups in total. The molecule has 1 amide bonds. The maximum absolute atomic E-state index is 13.1. The van der Waals surface area contributed by atoms with Gasteiger partial charge in [0.15, 0.2) is 0 Å². The Morgan fingerprint density at radius 3 is 2.52 bits per heavy atom. The molecule has 1 aromatic heterocycles. The van der Waals surface area contributed by atoms with Crippen LogP contribution in [-0.2, 0) is 4.79 Å². The molecule has 25 heavy (non-hydrogen) atoms. The van der Waals surface area contributed by atoms with Gasteiger partial charge in [-0.1, -0.05) is 0 Å². The maximum atomic E-state index is 13.1. The van der Waals surface area contributed by atoms with Crippen LogP contribution in [-0.4, -0.2) is 43.7 Å². The molecule has 8 heteroatoms. The standard InChI is InChI=1S/C17H16FN3O4/c1-17(16(24)25)9-2-10-20(17)15(23)13-7-8-14(22)21(19-13)12-5-3-11(18)4-6-12/h3-8H,2,9-10H2,1H3,(H,24,25). The quantitative estimate of drug-likeness (QED) is 0.909. The van der Waals surface area contributed by atoms with Crippen molar-refractivity contribution in [2.75, 3.05) is 6.54 Å². The molecule has 1 fully saturated rings. The van der Waals surface area contributed by atoms with Gasteiger partial charge < -0.3 is 10.0 Å². The third-order valence-corrected chi connectivity index (χ3v) is 4.44. The van der Waals surface area contributed by atoms with E-state index < -0.39 is 28.8 Å². The molecule has 1 atom stereocenters. The van der Waals surface area contributed by atoms with Crippen LogP contribution in [0.25, 0.3) is 5.69 Å². The second-order valence-electron chi connectivity index (χ2n) is 6.08. The normalized spacial score (nSPS) is 19.8. The monoisotopic (exact) mass is 345 g/mol. The number of benzene rings is 1. The van der Waals surface area contributed by atoms with E-state index in [4.69, 9.17) is 0 Å². The van der Waals surface area contributed by atoms with E-state index in [0.29, 0.717) is 25.1 Å². The maximum Gasteiger partial charge on any atom is 0.329 e. The predicted molar refractivity (Wildman–Crippen MR) is 86.1 cm³/mol. The predicted octanol–water partition coefficient (Wildman–Crippen LogP) is 1.45. The Bertz CT molecular complexity index is 894. The molecule has 1 aliphatic rings. The largest absolute Gasteiger partial charge is 0.480 e. The number of carbonyl (C=O) groups is 2. The van der Waals surface area contributed by atoms with E-state index in [1.54, 1.807) is 0 Å². The van der Waals surface area contributed by atoms with Crippen molar-refractivity contribution >= 4 is 11.9 Å². The summed E-state index contributed by atoms with van der Waals surface area (Å²) in [4.78, 5) is 37.6. The van der Waals surface area contributed by atoms with Crippen molar-refractivity contribution in [2.24, 2.45) is 0 Å². The second-order valence-corrected chi connectivity index (χ2v) is 6.08. The zero-order chi connectivity index (χ0) is 18.2. The molecular weight excluding hydrogens is 329 g/mol. The van der Waals surface area contributed by atoms with Crippen molar-refractivity contribution in [3.63, 3.8) is 0 Å². The number of likely N-dealkylation sites (tertiary alicyclic amines) is 1. The van der Waals surface area contributed by atoms with Gasteiger partial charge in [-0.2, -0.15) is 9.78 Å². The van der Waals surface area contributed by atoms with Crippen LogP contribution in [0.4, 0.5) is 4.39 Å². The Labute approximate surface area is 142 Å². The highest BCUT2D eigenvalue weighted by Gasteiger charge is 2.46. The first kappa shape index (κ1) is 16.8. The number of carboxylic acids is 1. The zero-order valence-electron chi connectivity index (χ0n) is 13.5. The van der Waals surface area contributed by atoms with Gasteiger partial charge in [0, 0.05) is 12.6 Å². The average Bonchev–Trinajstić information content (AvgIpc) is 2.99. The van der Waals surface area contributed by atoms with Gasteiger partial charge in [-0.3, -0.25) is 9.59 Å². The Balaban J connectivity index is 2.00. The first-order valence-corrected chi connectivity index (χ1v) is 7.74. The van der Waals surface area contributed by atoms with Crippen LogP contribution in [0.5, 0.6) is 0 Å². The number of aliphatic carboxylic acids is 1. The fraction of sp³-hybridized carbons (Fsp3) is 0.294. The molecule has 2 heterocycles. The molecular formula is C17H16FN3O4. The van der Waals surface area contributed by atoms with E-state index in [9.17, 15) is 23.9 Å². The zero-order valence-corrected chi connectivity index (χ0v) is 13.5. The van der Waals surface area contributed by atoms with Crippen LogP contribution < -0.4 is 5.56 Å². The lowest BCUT2D eigenvalue weighted by atomic mass is 9.99. The number of rotatable bonds is 3. The molecule has 0 radical (unpaired) electrons. The first-order chi connectivity index (χ1) is 11.8. The van der Waals surface area contributed by atoms with Gasteiger partial charge in [0.05, 0.1) is 5.69 Å². The molecule has 130 valence electrons. The molecule has 2 aromatic rings. The van der Waals surface area contributed by atoms with Gasteiger partial charge in [0.1, 0.15) is 17.1 Å². The van der Waals surface area contributed by atoms with Gasteiger partial charge in [-0.15, -0.1) is 0 Å². The van der Waals surface area contributed by atoms with Crippen molar-refractivity contribution in [3.8, 4) is 5.69 Å². The number of aromatic nitrogens is 2. The lowest BCUT2D eigenvalue weighted by molar-refractivity contribution is -0.147. The topological polar surface area (TPSA) is 92.5 Å². The van der Waals surface area contributed by atoms with Crippen molar-refractivity contribution in [2.45, 2.75) is 25.3 Å². The van der Waals surface area contributed by atoms with Crippen LogP contribution in [0, 0.1) is 5.82 Å². The van der Waals surface area contributed by atoms with E-state index in [-0.39, 0.29) is 5.69 Å². The highest BCUT2D eigenvalue weighted by atomic mass is 19.1. The fourth-order valence-electron chi connectivity index (χ4n) is 2.94. The number of amides is 1. The minimum Gasteiger partial charge on any atom is -0.480 e. The van der Waals surface area contributed by atoms with Gasteiger partial charge >= 0.3 is 5.97 Å². The summed E-state index contributed by atoms with van der Waals surface area (Å²) in [5.41, 5.74) is -1.51. The van der Waals surface area contributed by atoms with Crippen LogP contribution >= 0.6 is 0 Å². The molecule has 1 unspecified atom stereocenters. The molecule has 3 rings (SSSR count). The highest BCUT2D eigenvalue weighted by molar-refractivity contribution is 5.96. The summed E-state index contributed by atoms with van der Waals surface area (Å²) in [6, 6.07) is 7.55. The molecule has 0 spiro atoms. The number of hydrogen-bond donors (Lipinski definition) is 1. The minimum absolute atomic E-state index is 0.0432. The molecule has 0 bridgehead atoms. The van der Waals surface area contributed by atoms with Gasteiger partial charge in [-0.25, -0.2) is 9.18 Å². The second kappa shape index (κ2) is 6.12. The third-order valence-electron chi connectivity index (χ3n) is 4.44. The van der Waals surface area contributed by atoms with E-state index in [1.807, 2.05) is 0 Å². The number of halogens is 1. The van der Waals surface area contributed by atoms with Crippen molar-refractivity contribution in [1.29, 1.82) is 0 Å². The van der Waals surface area contributed by atoms with Crippen molar-refractivity contribution < 1.29 is 19.1 Å². The first-order valence-electron chi connectivity index (χ1n) is 7.74.